The van der Waals surface area contributed by atoms with Gasteiger partial charge in [-0.2, -0.15) is 0 Å². The molecule has 0 aliphatic rings. The summed E-state index contributed by atoms with van der Waals surface area (Å²) in [7, 11) is -0.446. The van der Waals surface area contributed by atoms with Gasteiger partial charge >= 0.3 is 17.1 Å². The molecule has 0 unspecified atom stereocenters. The molecule has 0 spiro atoms. The standard InChI is InChI=1S/C18H15P.Cu.2NO3/c1-4-10-16(11-5-1)19(17-12-6-2-7-13-17)18-14-8-3-9-15-18;;2*2-1(3)4/h1-15H;;;/q;+2;2*-1. The smallest absolute Gasteiger partial charge is 0.356 e. The molecule has 1 radical (unpaired) electrons. The summed E-state index contributed by atoms with van der Waals surface area (Å²) in [5.74, 6) is 0. The van der Waals surface area contributed by atoms with E-state index in [2.05, 4.69) is 91.0 Å². The fourth-order valence-corrected chi connectivity index (χ4v) is 4.48. The summed E-state index contributed by atoms with van der Waals surface area (Å²) < 4.78 is 0. The maximum Gasteiger partial charge on any atom is 2.00 e. The van der Waals surface area contributed by atoms with Crippen LogP contribution in [0.2, 0.25) is 0 Å². The van der Waals surface area contributed by atoms with Gasteiger partial charge in [-0.1, -0.05) is 91.0 Å². The molecular formula is C18H15CuN2O6P. The van der Waals surface area contributed by atoms with Gasteiger partial charge in [-0.15, -0.1) is 0 Å². The van der Waals surface area contributed by atoms with Crippen LogP contribution in [0.3, 0.4) is 0 Å². The summed E-state index contributed by atoms with van der Waals surface area (Å²) in [6.45, 7) is 0. The van der Waals surface area contributed by atoms with Gasteiger partial charge in [0.1, 0.15) is 0 Å². The second kappa shape index (κ2) is 14.1. The van der Waals surface area contributed by atoms with E-state index in [9.17, 15) is 0 Å². The monoisotopic (exact) mass is 449 g/mol. The zero-order valence-electron chi connectivity index (χ0n) is 14.3. The van der Waals surface area contributed by atoms with Gasteiger partial charge in [-0.05, 0) is 23.8 Å². The van der Waals surface area contributed by atoms with Gasteiger partial charge in [-0.25, -0.2) is 0 Å². The first kappa shape index (κ1) is 25.0. The molecule has 0 saturated heterocycles. The van der Waals surface area contributed by atoms with Crippen LogP contribution in [-0.4, -0.2) is 10.2 Å². The number of nitrogens with zero attached hydrogens (tertiary/aromatic N) is 2. The quantitative estimate of drug-likeness (QED) is 0.261. The first-order valence-corrected chi connectivity index (χ1v) is 8.84. The summed E-state index contributed by atoms with van der Waals surface area (Å²) in [4.78, 5) is 16.5. The summed E-state index contributed by atoms with van der Waals surface area (Å²) in [6, 6.07) is 32.3. The van der Waals surface area contributed by atoms with E-state index in [-0.39, 0.29) is 17.1 Å². The molecule has 0 aromatic heterocycles. The van der Waals surface area contributed by atoms with Crippen molar-refractivity contribution in [1.29, 1.82) is 0 Å². The van der Waals surface area contributed by atoms with Gasteiger partial charge in [0.2, 0.25) is 0 Å². The average molecular weight is 450 g/mol. The molecule has 0 aliphatic carbocycles. The van der Waals surface area contributed by atoms with Crippen molar-refractivity contribution in [3.05, 3.63) is 122 Å². The number of rotatable bonds is 3. The molecule has 3 aromatic rings. The van der Waals surface area contributed by atoms with E-state index >= 15 is 0 Å². The van der Waals surface area contributed by atoms with E-state index in [0.29, 0.717) is 0 Å². The van der Waals surface area contributed by atoms with Gasteiger partial charge < -0.3 is 30.6 Å². The molecule has 10 heteroatoms. The van der Waals surface area contributed by atoms with Crippen LogP contribution >= 0.6 is 7.92 Å². The average Bonchev–Trinajstić information content (AvgIpc) is 2.64. The molecule has 3 rings (SSSR count). The van der Waals surface area contributed by atoms with Gasteiger partial charge in [0, 0.05) is 0 Å². The van der Waals surface area contributed by atoms with Crippen LogP contribution in [0.4, 0.5) is 0 Å². The maximum atomic E-state index is 8.25. The molecule has 0 amide bonds. The van der Waals surface area contributed by atoms with E-state index < -0.39 is 18.1 Å². The van der Waals surface area contributed by atoms with Crippen LogP contribution in [-0.2, 0) is 17.1 Å². The first-order chi connectivity index (χ1) is 12.9. The molecule has 0 bridgehead atoms. The summed E-state index contributed by atoms with van der Waals surface area (Å²) >= 11 is 0. The van der Waals surface area contributed by atoms with Gasteiger partial charge in [-0.3, -0.25) is 0 Å². The molecule has 3 aromatic carbocycles. The van der Waals surface area contributed by atoms with E-state index in [1.807, 2.05) is 0 Å². The molecule has 8 nitrogen and oxygen atoms in total. The molecule has 0 fully saturated rings. The number of hydrogen-bond acceptors (Lipinski definition) is 6. The Morgan fingerprint density at radius 3 is 0.857 bits per heavy atom. The Morgan fingerprint density at radius 1 is 0.500 bits per heavy atom. The van der Waals surface area contributed by atoms with Crippen molar-refractivity contribution in [3.8, 4) is 0 Å². The largest absolute Gasteiger partial charge is 2.00 e. The zero-order chi connectivity index (χ0) is 20.1. The molecule has 0 N–H and O–H groups in total. The van der Waals surface area contributed by atoms with Crippen molar-refractivity contribution in [2.24, 2.45) is 0 Å². The van der Waals surface area contributed by atoms with Crippen molar-refractivity contribution < 1.29 is 27.2 Å². The summed E-state index contributed by atoms with van der Waals surface area (Å²) in [6.07, 6.45) is 0. The van der Waals surface area contributed by atoms with Crippen molar-refractivity contribution in [2.75, 3.05) is 0 Å². The zero-order valence-corrected chi connectivity index (χ0v) is 16.1. The molecule has 0 heterocycles. The molecule has 28 heavy (non-hydrogen) atoms. The van der Waals surface area contributed by atoms with E-state index in [0.717, 1.165) is 0 Å². The third kappa shape index (κ3) is 10.2. The maximum absolute atomic E-state index is 8.25. The number of hydrogen-bond donors (Lipinski definition) is 0. The van der Waals surface area contributed by atoms with E-state index in [1.165, 1.54) is 15.9 Å². The Balaban J connectivity index is 0.000000697. The number of benzene rings is 3. The normalized spacial score (nSPS) is 8.89. The fraction of sp³-hybridized carbons (Fsp3) is 0. The van der Waals surface area contributed by atoms with Crippen LogP contribution < -0.4 is 15.9 Å². The Bertz CT molecular complexity index is 711. The van der Waals surface area contributed by atoms with E-state index in [1.54, 1.807) is 0 Å². The predicted molar refractivity (Wildman–Crippen MR) is 106 cm³/mol. The topological polar surface area (TPSA) is 132 Å². The van der Waals surface area contributed by atoms with Crippen molar-refractivity contribution in [2.45, 2.75) is 0 Å². The van der Waals surface area contributed by atoms with Gasteiger partial charge in [0.25, 0.3) is 0 Å². The minimum Gasteiger partial charge on any atom is -0.356 e. The molecular weight excluding hydrogens is 435 g/mol. The van der Waals surface area contributed by atoms with Gasteiger partial charge in [0.05, 0.1) is 10.2 Å². The summed E-state index contributed by atoms with van der Waals surface area (Å²) in [5.41, 5.74) is 0. The molecule has 0 saturated carbocycles. The Labute approximate surface area is 172 Å². The van der Waals surface area contributed by atoms with Crippen molar-refractivity contribution in [1.82, 2.24) is 0 Å². The molecule has 149 valence electrons. The fourth-order valence-electron chi connectivity index (χ4n) is 2.18. The molecule has 0 aliphatic heterocycles. The van der Waals surface area contributed by atoms with Crippen LogP contribution in [0.1, 0.15) is 0 Å². The minimum atomic E-state index is -1.75. The SMILES string of the molecule is O=[N+]([O-])[O-].O=[N+]([O-])[O-].[Cu+2].c1ccc(P(c2ccccc2)c2ccccc2)cc1. The van der Waals surface area contributed by atoms with Crippen LogP contribution in [0.25, 0.3) is 0 Å². The van der Waals surface area contributed by atoms with Crippen molar-refractivity contribution in [3.63, 3.8) is 0 Å². The third-order valence-corrected chi connectivity index (χ3v) is 5.49. The Kier molecular flexibility index (Phi) is 12.6. The second-order valence-corrected chi connectivity index (χ2v) is 7.01. The van der Waals surface area contributed by atoms with Crippen LogP contribution in [0.15, 0.2) is 91.0 Å². The second-order valence-electron chi connectivity index (χ2n) is 4.79. The van der Waals surface area contributed by atoms with Crippen LogP contribution in [0.5, 0.6) is 0 Å². The van der Waals surface area contributed by atoms with Crippen molar-refractivity contribution >= 4 is 23.8 Å². The Morgan fingerprint density at radius 2 is 0.679 bits per heavy atom. The van der Waals surface area contributed by atoms with Gasteiger partial charge in [0.15, 0.2) is 0 Å². The van der Waals surface area contributed by atoms with E-state index in [4.69, 9.17) is 30.6 Å². The Hall–Kier alpha value is -2.99. The molecule has 0 atom stereocenters. The minimum absolute atomic E-state index is 0. The van der Waals surface area contributed by atoms with Crippen LogP contribution in [0, 0.1) is 30.6 Å². The summed E-state index contributed by atoms with van der Waals surface area (Å²) in [5, 5.41) is 33.7. The third-order valence-electron chi connectivity index (χ3n) is 3.04. The first-order valence-electron chi connectivity index (χ1n) is 7.50. The predicted octanol–water partition coefficient (Wildman–Crippen LogP) is 2.96.